The fraction of sp³-hybridized carbons (Fsp3) is 0.176. The molecule has 25 heavy (non-hydrogen) atoms. The lowest BCUT2D eigenvalue weighted by Crippen LogP contribution is -2.20. The molecule has 3 aromatic rings. The average Bonchev–Trinajstić information content (AvgIpc) is 2.88. The number of hydrogen-bond donors (Lipinski definition) is 2. The molecule has 2 aromatic heterocycles. The van der Waals surface area contributed by atoms with Crippen LogP contribution in [0.15, 0.2) is 35.4 Å². The molecule has 0 fully saturated rings. The number of carbonyl (C=O) groups is 2. The van der Waals surface area contributed by atoms with E-state index in [0.29, 0.717) is 22.7 Å². The molecule has 7 nitrogen and oxygen atoms in total. The van der Waals surface area contributed by atoms with E-state index in [0.717, 1.165) is 21.6 Å². The largest absolute Gasteiger partial charge is 0.324 e. The minimum atomic E-state index is -0.254. The summed E-state index contributed by atoms with van der Waals surface area (Å²) in [4.78, 5) is 29.4. The van der Waals surface area contributed by atoms with Crippen LogP contribution in [0.2, 0.25) is 0 Å². The summed E-state index contributed by atoms with van der Waals surface area (Å²) in [6.45, 7) is 1.90. The number of hydrogen-bond acceptors (Lipinski definition) is 5. The fourth-order valence-corrected chi connectivity index (χ4v) is 3.59. The summed E-state index contributed by atoms with van der Waals surface area (Å²) >= 11 is 1.46. The van der Waals surface area contributed by atoms with Gasteiger partial charge in [-0.2, -0.15) is 5.10 Å². The molecule has 2 N–H and O–H groups in total. The van der Waals surface area contributed by atoms with Crippen molar-refractivity contribution in [3.8, 4) is 0 Å². The van der Waals surface area contributed by atoms with Gasteiger partial charge < -0.3 is 10.6 Å². The van der Waals surface area contributed by atoms with Gasteiger partial charge in [0.15, 0.2) is 5.65 Å². The molecule has 3 heterocycles. The van der Waals surface area contributed by atoms with E-state index in [1.165, 1.54) is 11.8 Å². The number of aryl methyl sites for hydroxylation is 2. The molecule has 1 aliphatic heterocycles. The van der Waals surface area contributed by atoms with Crippen LogP contribution in [0.3, 0.4) is 0 Å². The third kappa shape index (κ3) is 2.85. The minimum absolute atomic E-state index is 0.0586. The molecule has 0 radical (unpaired) electrons. The van der Waals surface area contributed by atoms with Crippen molar-refractivity contribution in [1.82, 2.24) is 14.8 Å². The summed E-state index contributed by atoms with van der Waals surface area (Å²) in [6, 6.07) is 7.15. The van der Waals surface area contributed by atoms with E-state index in [2.05, 4.69) is 20.7 Å². The van der Waals surface area contributed by atoms with E-state index in [1.54, 1.807) is 23.0 Å². The monoisotopic (exact) mass is 353 g/mol. The van der Waals surface area contributed by atoms with E-state index in [9.17, 15) is 9.59 Å². The van der Waals surface area contributed by atoms with Crippen LogP contribution in [0, 0.1) is 6.92 Å². The zero-order valence-electron chi connectivity index (χ0n) is 13.7. The smallest absolute Gasteiger partial charge is 0.255 e. The molecule has 8 heteroatoms. The van der Waals surface area contributed by atoms with E-state index >= 15 is 0 Å². The van der Waals surface area contributed by atoms with Crippen LogP contribution in [0.5, 0.6) is 0 Å². The van der Waals surface area contributed by atoms with Crippen LogP contribution >= 0.6 is 11.8 Å². The van der Waals surface area contributed by atoms with Crippen LogP contribution in [0.1, 0.15) is 16.1 Å². The van der Waals surface area contributed by atoms with Gasteiger partial charge in [-0.05, 0) is 31.2 Å². The van der Waals surface area contributed by atoms with Gasteiger partial charge in [-0.15, -0.1) is 11.8 Å². The molecule has 0 bridgehead atoms. The van der Waals surface area contributed by atoms with Crippen LogP contribution in [-0.2, 0) is 11.8 Å². The zero-order valence-corrected chi connectivity index (χ0v) is 14.5. The molecule has 0 spiro atoms. The highest BCUT2D eigenvalue weighted by molar-refractivity contribution is 8.00. The van der Waals surface area contributed by atoms with E-state index in [1.807, 2.05) is 26.1 Å². The number of pyridine rings is 1. The summed E-state index contributed by atoms with van der Waals surface area (Å²) in [5, 5.41) is 10.9. The van der Waals surface area contributed by atoms with Gasteiger partial charge in [-0.3, -0.25) is 14.3 Å². The van der Waals surface area contributed by atoms with E-state index < -0.39 is 0 Å². The Labute approximate surface area is 147 Å². The number of nitrogens with zero attached hydrogens (tertiary/aromatic N) is 3. The molecule has 4 rings (SSSR count). The molecule has 0 atom stereocenters. The predicted octanol–water partition coefficient (Wildman–Crippen LogP) is 2.57. The maximum absolute atomic E-state index is 12.5. The third-order valence-electron chi connectivity index (χ3n) is 4.00. The highest BCUT2D eigenvalue weighted by Gasteiger charge is 2.17. The summed E-state index contributed by atoms with van der Waals surface area (Å²) in [5.41, 5.74) is 3.37. The lowest BCUT2D eigenvalue weighted by atomic mass is 10.1. The van der Waals surface area contributed by atoms with Gasteiger partial charge in [-0.1, -0.05) is 0 Å². The molecule has 0 saturated carbocycles. The van der Waals surface area contributed by atoms with Crippen LogP contribution in [0.4, 0.5) is 11.4 Å². The maximum Gasteiger partial charge on any atom is 0.255 e. The topological polar surface area (TPSA) is 88.9 Å². The average molecular weight is 353 g/mol. The molecule has 2 amide bonds. The van der Waals surface area contributed by atoms with Crippen LogP contribution in [0.25, 0.3) is 11.0 Å². The van der Waals surface area contributed by atoms with Crippen molar-refractivity contribution in [3.05, 3.63) is 41.7 Å². The minimum Gasteiger partial charge on any atom is -0.324 e. The van der Waals surface area contributed by atoms with Gasteiger partial charge in [0, 0.05) is 22.9 Å². The first kappa shape index (κ1) is 15.6. The number of thioether (sulfide) groups is 1. The predicted molar refractivity (Wildman–Crippen MR) is 97.0 cm³/mol. The molecule has 0 saturated heterocycles. The second-order valence-electron chi connectivity index (χ2n) is 5.81. The Hall–Kier alpha value is -2.87. The van der Waals surface area contributed by atoms with Gasteiger partial charge in [0.1, 0.15) is 0 Å². The Kier molecular flexibility index (Phi) is 3.69. The molecule has 0 aliphatic carbocycles. The Morgan fingerprint density at radius 3 is 3.04 bits per heavy atom. The van der Waals surface area contributed by atoms with Crippen LogP contribution in [-0.4, -0.2) is 32.3 Å². The second kappa shape index (κ2) is 5.89. The van der Waals surface area contributed by atoms with Crippen molar-refractivity contribution in [2.24, 2.45) is 7.05 Å². The van der Waals surface area contributed by atoms with Gasteiger partial charge in [-0.25, -0.2) is 4.98 Å². The summed E-state index contributed by atoms with van der Waals surface area (Å²) in [5.74, 6) is 0.0846. The van der Waals surface area contributed by atoms with Crippen LogP contribution < -0.4 is 10.6 Å². The maximum atomic E-state index is 12.5. The number of benzene rings is 1. The number of anilines is 2. The van der Waals surface area contributed by atoms with Crippen molar-refractivity contribution in [2.75, 3.05) is 16.4 Å². The number of aromatic nitrogens is 3. The summed E-state index contributed by atoms with van der Waals surface area (Å²) < 4.78 is 1.71. The summed E-state index contributed by atoms with van der Waals surface area (Å²) in [7, 11) is 1.83. The summed E-state index contributed by atoms with van der Waals surface area (Å²) in [6.07, 6.45) is 1.61. The number of carbonyl (C=O) groups excluding carboxylic acids is 2. The van der Waals surface area contributed by atoms with Crippen molar-refractivity contribution in [2.45, 2.75) is 11.8 Å². The number of nitrogens with one attached hydrogen (secondary N) is 2. The normalized spacial score (nSPS) is 13.4. The Bertz CT molecular complexity index is 1030. The first-order chi connectivity index (χ1) is 12.0. The molecule has 1 aliphatic rings. The lowest BCUT2D eigenvalue weighted by Gasteiger charge is -2.16. The molecule has 126 valence electrons. The highest BCUT2D eigenvalue weighted by atomic mass is 32.2. The van der Waals surface area contributed by atoms with Gasteiger partial charge in [0.05, 0.1) is 29.0 Å². The lowest BCUT2D eigenvalue weighted by molar-refractivity contribution is -0.113. The zero-order chi connectivity index (χ0) is 17.6. The van der Waals surface area contributed by atoms with Gasteiger partial charge in [0.2, 0.25) is 5.91 Å². The highest BCUT2D eigenvalue weighted by Crippen LogP contribution is 2.32. The Balaban J connectivity index is 1.61. The van der Waals surface area contributed by atoms with Gasteiger partial charge >= 0.3 is 0 Å². The van der Waals surface area contributed by atoms with Crippen molar-refractivity contribution in [3.63, 3.8) is 0 Å². The van der Waals surface area contributed by atoms with E-state index in [-0.39, 0.29) is 11.8 Å². The van der Waals surface area contributed by atoms with Crippen molar-refractivity contribution < 1.29 is 9.59 Å². The quantitative estimate of drug-likeness (QED) is 0.739. The number of rotatable bonds is 2. The van der Waals surface area contributed by atoms with Crippen molar-refractivity contribution in [1.29, 1.82) is 0 Å². The first-order valence-electron chi connectivity index (χ1n) is 7.68. The SMILES string of the molecule is Cc1nn(C)c2ncc(NC(=O)c3ccc4c(c3)NC(=O)CS4)cc12. The Morgan fingerprint density at radius 2 is 2.20 bits per heavy atom. The van der Waals surface area contributed by atoms with Crippen molar-refractivity contribution >= 4 is 46.0 Å². The number of fused-ring (bicyclic) bond motifs is 2. The third-order valence-corrected chi connectivity index (χ3v) is 5.07. The molecular formula is C17H15N5O2S. The Morgan fingerprint density at radius 1 is 1.36 bits per heavy atom. The molecular weight excluding hydrogens is 338 g/mol. The standard InChI is InChI=1S/C17H15N5O2S/c1-9-12-6-11(7-18-16(12)22(2)21-9)19-17(24)10-3-4-14-13(5-10)20-15(23)8-25-14/h3-7H,8H2,1-2H3,(H,19,24)(H,20,23). The van der Waals surface area contributed by atoms with Gasteiger partial charge in [0.25, 0.3) is 5.91 Å². The fourth-order valence-electron chi connectivity index (χ4n) is 2.80. The van der Waals surface area contributed by atoms with E-state index in [4.69, 9.17) is 0 Å². The number of amides is 2. The first-order valence-corrected chi connectivity index (χ1v) is 8.67. The molecule has 0 unspecified atom stereocenters. The molecule has 1 aromatic carbocycles. The second-order valence-corrected chi connectivity index (χ2v) is 6.82.